The second kappa shape index (κ2) is 8.81. The van der Waals surface area contributed by atoms with Crippen molar-refractivity contribution in [1.29, 1.82) is 0 Å². The van der Waals surface area contributed by atoms with Gasteiger partial charge in [-0.15, -0.1) is 6.58 Å². The largest absolute Gasteiger partial charge is 0.495 e. The molecule has 0 heterocycles. The molecule has 0 unspecified atom stereocenters. The van der Waals surface area contributed by atoms with Crippen LogP contribution in [0, 0.1) is 0 Å². The van der Waals surface area contributed by atoms with Gasteiger partial charge in [-0.25, -0.2) is 0 Å². The van der Waals surface area contributed by atoms with Crippen molar-refractivity contribution < 1.29 is 33.5 Å². The van der Waals surface area contributed by atoms with Crippen molar-refractivity contribution >= 4 is 5.57 Å². The van der Waals surface area contributed by atoms with Gasteiger partial charge in [-0.3, -0.25) is 0 Å². The number of aliphatic hydroxyl groups is 1. The Morgan fingerprint density at radius 3 is 2.37 bits per heavy atom. The minimum absolute atomic E-state index is 0.0628. The first-order valence-corrected chi connectivity index (χ1v) is 9.73. The molecule has 1 aromatic rings. The number of hydrogen-bond donors (Lipinski definition) is 1. The number of ether oxygens (including phenoxy) is 6. The van der Waals surface area contributed by atoms with Crippen molar-refractivity contribution in [2.45, 2.75) is 30.7 Å². The molecule has 0 fully saturated rings. The second-order valence-corrected chi connectivity index (χ2v) is 7.19. The summed E-state index contributed by atoms with van der Waals surface area (Å²) in [6.45, 7) is 3.86. The first-order valence-electron chi connectivity index (χ1n) is 9.73. The lowest BCUT2D eigenvalue weighted by molar-refractivity contribution is -0.279. The standard InChI is InChI=1S/C23H30O7/c1-7-12-22(24)13-17-16(21(27-4)23(22,28-5)29-6)10-8-15-9-11-18(26-3)20(19(15)17)30-14-25-2/h7,9,11,13,24H,1,8,10,12,14H2,2-6H3/t22-/m0/s1. The van der Waals surface area contributed by atoms with Crippen molar-refractivity contribution in [1.82, 2.24) is 0 Å². The molecule has 2 aliphatic rings. The zero-order valence-electron chi connectivity index (χ0n) is 18.2. The Labute approximate surface area is 177 Å². The summed E-state index contributed by atoms with van der Waals surface area (Å²) in [5.41, 5.74) is 2.05. The first kappa shape index (κ1) is 22.4. The third-order valence-corrected chi connectivity index (χ3v) is 5.75. The fraction of sp³-hybridized carbons (Fsp3) is 0.478. The quantitative estimate of drug-likeness (QED) is 0.487. The third-order valence-electron chi connectivity index (χ3n) is 5.75. The number of methoxy groups -OCH3 is 5. The Hall–Kier alpha value is -2.32. The van der Waals surface area contributed by atoms with Crippen molar-refractivity contribution in [2.75, 3.05) is 42.3 Å². The fourth-order valence-electron chi connectivity index (χ4n) is 4.49. The van der Waals surface area contributed by atoms with Gasteiger partial charge in [0.25, 0.3) is 5.79 Å². The molecule has 1 N–H and O–H groups in total. The number of rotatable bonds is 9. The van der Waals surface area contributed by atoms with Gasteiger partial charge in [-0.2, -0.15) is 0 Å². The van der Waals surface area contributed by atoms with Gasteiger partial charge < -0.3 is 33.5 Å². The summed E-state index contributed by atoms with van der Waals surface area (Å²) in [5.74, 6) is 0.0626. The van der Waals surface area contributed by atoms with E-state index in [4.69, 9.17) is 28.4 Å². The predicted octanol–water partition coefficient (Wildman–Crippen LogP) is 3.22. The summed E-state index contributed by atoms with van der Waals surface area (Å²) < 4.78 is 33.9. The maximum atomic E-state index is 11.7. The molecule has 0 bridgehead atoms. The van der Waals surface area contributed by atoms with Crippen LogP contribution in [0.2, 0.25) is 0 Å². The number of allylic oxidation sites excluding steroid dienone is 2. The summed E-state index contributed by atoms with van der Waals surface area (Å²) in [6, 6.07) is 3.89. The van der Waals surface area contributed by atoms with Gasteiger partial charge in [0.1, 0.15) is 5.60 Å². The minimum Gasteiger partial charge on any atom is -0.495 e. The molecule has 0 aliphatic heterocycles. The Balaban J connectivity index is 2.33. The highest BCUT2D eigenvalue weighted by Gasteiger charge is 2.58. The van der Waals surface area contributed by atoms with Crippen LogP contribution in [0.15, 0.2) is 42.2 Å². The van der Waals surface area contributed by atoms with Crippen LogP contribution in [-0.2, 0) is 25.4 Å². The Kier molecular flexibility index (Phi) is 6.57. The molecule has 1 aromatic carbocycles. The maximum absolute atomic E-state index is 11.7. The second-order valence-electron chi connectivity index (χ2n) is 7.19. The number of fused-ring (bicyclic) bond motifs is 3. The van der Waals surface area contributed by atoms with E-state index in [0.29, 0.717) is 23.7 Å². The van der Waals surface area contributed by atoms with Gasteiger partial charge >= 0.3 is 0 Å². The van der Waals surface area contributed by atoms with Gasteiger partial charge in [0.2, 0.25) is 0 Å². The number of aryl methyl sites for hydroxylation is 1. The van der Waals surface area contributed by atoms with E-state index in [1.54, 1.807) is 33.5 Å². The Bertz CT molecular complexity index is 867. The minimum atomic E-state index is -1.56. The highest BCUT2D eigenvalue weighted by molar-refractivity contribution is 5.89. The molecule has 0 aromatic heterocycles. The van der Waals surface area contributed by atoms with Crippen molar-refractivity contribution in [2.24, 2.45) is 0 Å². The Morgan fingerprint density at radius 2 is 1.80 bits per heavy atom. The van der Waals surface area contributed by atoms with Crippen LogP contribution in [-0.4, -0.2) is 58.8 Å². The predicted molar refractivity (Wildman–Crippen MR) is 112 cm³/mol. The van der Waals surface area contributed by atoms with E-state index in [1.165, 1.54) is 14.2 Å². The third kappa shape index (κ3) is 3.22. The van der Waals surface area contributed by atoms with Crippen molar-refractivity contribution in [3.8, 4) is 11.5 Å². The van der Waals surface area contributed by atoms with E-state index in [0.717, 1.165) is 28.7 Å². The zero-order valence-corrected chi connectivity index (χ0v) is 18.2. The molecule has 2 aliphatic carbocycles. The molecule has 7 nitrogen and oxygen atoms in total. The van der Waals surface area contributed by atoms with Crippen LogP contribution >= 0.6 is 0 Å². The van der Waals surface area contributed by atoms with Crippen LogP contribution < -0.4 is 9.47 Å². The SMILES string of the molecule is C=CC[C@]1(O)C=C2C(=C(OC)C1(OC)OC)CCc1ccc(OC)c(OCOC)c12. The average molecular weight is 418 g/mol. The molecular formula is C23H30O7. The molecule has 0 saturated heterocycles. The number of benzene rings is 1. The van der Waals surface area contributed by atoms with Crippen molar-refractivity contribution in [3.05, 3.63) is 53.3 Å². The zero-order chi connectivity index (χ0) is 21.9. The van der Waals surface area contributed by atoms with Crippen LogP contribution in [0.25, 0.3) is 5.57 Å². The topological polar surface area (TPSA) is 75.6 Å². The maximum Gasteiger partial charge on any atom is 0.261 e. The summed E-state index contributed by atoms with van der Waals surface area (Å²) in [7, 11) is 7.68. The lowest BCUT2D eigenvalue weighted by atomic mass is 9.71. The molecule has 0 radical (unpaired) electrons. The van der Waals surface area contributed by atoms with Gasteiger partial charge in [-0.1, -0.05) is 12.1 Å². The number of hydrogen-bond acceptors (Lipinski definition) is 7. The van der Waals surface area contributed by atoms with Gasteiger partial charge in [-0.05, 0) is 36.1 Å². The van der Waals surface area contributed by atoms with Crippen molar-refractivity contribution in [3.63, 3.8) is 0 Å². The van der Waals surface area contributed by atoms with Gasteiger partial charge in [0, 0.05) is 38.9 Å². The lowest BCUT2D eigenvalue weighted by Crippen LogP contribution is -2.59. The molecule has 3 rings (SSSR count). The van der Waals surface area contributed by atoms with E-state index in [-0.39, 0.29) is 13.2 Å². The molecule has 164 valence electrons. The monoisotopic (exact) mass is 418 g/mol. The highest BCUT2D eigenvalue weighted by atomic mass is 16.7. The van der Waals surface area contributed by atoms with Gasteiger partial charge in [0.15, 0.2) is 24.1 Å². The summed E-state index contributed by atoms with van der Waals surface area (Å²) in [6.07, 6.45) is 5.02. The van der Waals surface area contributed by atoms with Crippen LogP contribution in [0.4, 0.5) is 0 Å². The first-order chi connectivity index (χ1) is 14.5. The molecule has 30 heavy (non-hydrogen) atoms. The smallest absolute Gasteiger partial charge is 0.261 e. The average Bonchev–Trinajstić information content (AvgIpc) is 2.76. The lowest BCUT2D eigenvalue weighted by Gasteiger charge is -2.48. The molecule has 1 atom stereocenters. The summed E-state index contributed by atoms with van der Waals surface area (Å²) in [5, 5.41) is 11.7. The van der Waals surface area contributed by atoms with E-state index in [9.17, 15) is 5.11 Å². The van der Waals surface area contributed by atoms with Crippen LogP contribution in [0.1, 0.15) is 24.0 Å². The molecule has 0 spiro atoms. The van der Waals surface area contributed by atoms with E-state index >= 15 is 0 Å². The Morgan fingerprint density at radius 1 is 1.07 bits per heavy atom. The van der Waals surface area contributed by atoms with E-state index < -0.39 is 11.4 Å². The highest BCUT2D eigenvalue weighted by Crippen LogP contribution is 2.53. The molecule has 0 amide bonds. The molecule has 7 heteroatoms. The van der Waals surface area contributed by atoms with Crippen LogP contribution in [0.5, 0.6) is 11.5 Å². The van der Waals surface area contributed by atoms with E-state index in [2.05, 4.69) is 6.58 Å². The fourth-order valence-corrected chi connectivity index (χ4v) is 4.49. The van der Waals surface area contributed by atoms with E-state index in [1.807, 2.05) is 12.1 Å². The normalized spacial score (nSPS) is 22.0. The molecular weight excluding hydrogens is 388 g/mol. The summed E-state index contributed by atoms with van der Waals surface area (Å²) >= 11 is 0. The van der Waals surface area contributed by atoms with Gasteiger partial charge in [0.05, 0.1) is 14.2 Å². The van der Waals surface area contributed by atoms with Crippen LogP contribution in [0.3, 0.4) is 0 Å². The molecule has 0 saturated carbocycles. The summed E-state index contributed by atoms with van der Waals surface area (Å²) in [4.78, 5) is 0.